The summed E-state index contributed by atoms with van der Waals surface area (Å²) in [7, 11) is 0. The van der Waals surface area contributed by atoms with Crippen molar-refractivity contribution in [3.05, 3.63) is 83.3 Å². The quantitative estimate of drug-likeness (QED) is 0.571. The molecule has 0 aliphatic heterocycles. The maximum atomic E-state index is 14.2. The maximum Gasteiger partial charge on any atom is 0.253 e. The molecule has 0 aliphatic rings. The molecular weight excluding hydrogens is 331 g/mol. The Balaban J connectivity index is 2.02. The molecule has 0 saturated carbocycles. The van der Waals surface area contributed by atoms with Gasteiger partial charge in [0.05, 0.1) is 5.57 Å². The van der Waals surface area contributed by atoms with Gasteiger partial charge in [-0.25, -0.2) is 4.39 Å². The Hall–Kier alpha value is -3.08. The lowest BCUT2D eigenvalue weighted by Crippen LogP contribution is -2.25. The number of carbonyl (C=O) groups is 1. The first-order chi connectivity index (χ1) is 12.5. The van der Waals surface area contributed by atoms with Gasteiger partial charge < -0.3 is 15.8 Å². The fourth-order valence-electron chi connectivity index (χ4n) is 2.25. The monoisotopic (exact) mass is 354 g/mol. The minimum absolute atomic E-state index is 0.135. The molecular formula is C21H23FN2O2. The normalized spacial score (nSPS) is 12.0. The van der Waals surface area contributed by atoms with E-state index in [1.54, 1.807) is 37.3 Å². The number of ether oxygens (including phenoxy) is 1. The zero-order chi connectivity index (χ0) is 18.9. The molecule has 0 aromatic heterocycles. The van der Waals surface area contributed by atoms with Crippen LogP contribution in [0.1, 0.15) is 25.8 Å². The first-order valence-corrected chi connectivity index (χ1v) is 8.43. The van der Waals surface area contributed by atoms with Crippen molar-refractivity contribution in [2.45, 2.75) is 26.8 Å². The van der Waals surface area contributed by atoms with Gasteiger partial charge in [0.15, 0.2) is 11.6 Å². The molecule has 2 aromatic carbocycles. The predicted molar refractivity (Wildman–Crippen MR) is 101 cm³/mol. The zero-order valence-electron chi connectivity index (χ0n) is 15.0. The minimum Gasteiger partial charge on any atom is -0.454 e. The van der Waals surface area contributed by atoms with E-state index < -0.39 is 5.82 Å². The summed E-state index contributed by atoms with van der Waals surface area (Å²) in [6.07, 6.45) is 4.36. The molecule has 2 rings (SSSR count). The third-order valence-corrected chi connectivity index (χ3v) is 3.61. The van der Waals surface area contributed by atoms with Crippen LogP contribution in [0, 0.1) is 5.82 Å². The lowest BCUT2D eigenvalue weighted by Gasteiger charge is -2.10. The Bertz CT molecular complexity index is 810. The van der Waals surface area contributed by atoms with E-state index in [1.807, 2.05) is 31.2 Å². The van der Waals surface area contributed by atoms with Crippen LogP contribution in [0.15, 0.2) is 72.0 Å². The summed E-state index contributed by atoms with van der Waals surface area (Å²) in [6, 6.07) is 13.6. The van der Waals surface area contributed by atoms with Crippen molar-refractivity contribution in [3.8, 4) is 11.5 Å². The third-order valence-electron chi connectivity index (χ3n) is 3.61. The van der Waals surface area contributed by atoms with Gasteiger partial charge in [0.2, 0.25) is 0 Å². The largest absolute Gasteiger partial charge is 0.454 e. The summed E-state index contributed by atoms with van der Waals surface area (Å²) in [5.74, 6) is -0.0871. The molecule has 136 valence electrons. The average molecular weight is 354 g/mol. The number of hydrogen-bond acceptors (Lipinski definition) is 3. The SMILES string of the molecule is CC/C=C\C(C(=O)NCc1ccc(Oc2ccccc2)c(F)c1)=C(/C)N. The number of nitrogens with two attached hydrogens (primary N) is 1. The van der Waals surface area contributed by atoms with Crippen molar-refractivity contribution in [2.24, 2.45) is 5.73 Å². The van der Waals surface area contributed by atoms with E-state index in [9.17, 15) is 9.18 Å². The van der Waals surface area contributed by atoms with Crippen molar-refractivity contribution in [2.75, 3.05) is 0 Å². The van der Waals surface area contributed by atoms with Crippen LogP contribution in [0.25, 0.3) is 0 Å². The Morgan fingerprint density at radius 3 is 2.58 bits per heavy atom. The smallest absolute Gasteiger partial charge is 0.253 e. The number of carbonyl (C=O) groups excluding carboxylic acids is 1. The van der Waals surface area contributed by atoms with Gasteiger partial charge in [-0.2, -0.15) is 0 Å². The molecule has 0 heterocycles. The van der Waals surface area contributed by atoms with Crippen molar-refractivity contribution >= 4 is 5.91 Å². The molecule has 0 unspecified atom stereocenters. The van der Waals surface area contributed by atoms with Gasteiger partial charge in [-0.3, -0.25) is 4.79 Å². The highest BCUT2D eigenvalue weighted by Gasteiger charge is 2.10. The molecule has 0 fully saturated rings. The van der Waals surface area contributed by atoms with E-state index in [-0.39, 0.29) is 18.2 Å². The summed E-state index contributed by atoms with van der Waals surface area (Å²) in [6.45, 7) is 3.84. The van der Waals surface area contributed by atoms with Crippen LogP contribution in [-0.4, -0.2) is 5.91 Å². The Labute approximate surface area is 153 Å². The highest BCUT2D eigenvalue weighted by Crippen LogP contribution is 2.24. The van der Waals surface area contributed by atoms with Gasteiger partial charge in [0.1, 0.15) is 5.75 Å². The molecule has 26 heavy (non-hydrogen) atoms. The Morgan fingerprint density at radius 1 is 1.23 bits per heavy atom. The van der Waals surface area contributed by atoms with Crippen LogP contribution in [0.4, 0.5) is 4.39 Å². The van der Waals surface area contributed by atoms with E-state index in [1.165, 1.54) is 6.07 Å². The number of para-hydroxylation sites is 1. The number of allylic oxidation sites excluding steroid dienone is 2. The van der Waals surface area contributed by atoms with E-state index in [4.69, 9.17) is 10.5 Å². The lowest BCUT2D eigenvalue weighted by atomic mass is 10.1. The fourth-order valence-corrected chi connectivity index (χ4v) is 2.25. The summed E-state index contributed by atoms with van der Waals surface area (Å²) in [5.41, 5.74) is 7.23. The van der Waals surface area contributed by atoms with Crippen molar-refractivity contribution in [1.29, 1.82) is 0 Å². The van der Waals surface area contributed by atoms with Crippen LogP contribution in [-0.2, 0) is 11.3 Å². The van der Waals surface area contributed by atoms with Crippen molar-refractivity contribution in [1.82, 2.24) is 5.32 Å². The van der Waals surface area contributed by atoms with Gasteiger partial charge in [0.25, 0.3) is 5.91 Å². The van der Waals surface area contributed by atoms with Crippen LogP contribution in [0.2, 0.25) is 0 Å². The van der Waals surface area contributed by atoms with Crippen LogP contribution in [0.5, 0.6) is 11.5 Å². The van der Waals surface area contributed by atoms with Crippen LogP contribution in [0.3, 0.4) is 0 Å². The number of benzene rings is 2. The Morgan fingerprint density at radius 2 is 1.96 bits per heavy atom. The second kappa shape index (κ2) is 9.42. The molecule has 1 amide bonds. The predicted octanol–water partition coefficient (Wildman–Crippen LogP) is 4.43. The lowest BCUT2D eigenvalue weighted by molar-refractivity contribution is -0.117. The van der Waals surface area contributed by atoms with Crippen LogP contribution >= 0.6 is 0 Å². The maximum absolute atomic E-state index is 14.2. The molecule has 4 nitrogen and oxygen atoms in total. The van der Waals surface area contributed by atoms with Gasteiger partial charge in [-0.05, 0) is 43.2 Å². The molecule has 0 bridgehead atoms. The number of hydrogen-bond donors (Lipinski definition) is 2. The molecule has 0 radical (unpaired) electrons. The summed E-state index contributed by atoms with van der Waals surface area (Å²) in [4.78, 5) is 12.2. The molecule has 0 aliphatic carbocycles. The number of halogens is 1. The fraction of sp³-hybridized carbons (Fsp3) is 0.190. The van der Waals surface area contributed by atoms with Crippen LogP contribution < -0.4 is 15.8 Å². The highest BCUT2D eigenvalue weighted by molar-refractivity contribution is 5.96. The molecule has 3 N–H and O–H groups in total. The molecule has 5 heteroatoms. The zero-order valence-corrected chi connectivity index (χ0v) is 15.0. The van der Waals surface area contributed by atoms with E-state index in [2.05, 4.69) is 5.32 Å². The molecule has 0 saturated heterocycles. The first-order valence-electron chi connectivity index (χ1n) is 8.43. The van der Waals surface area contributed by atoms with E-state index in [0.717, 1.165) is 6.42 Å². The van der Waals surface area contributed by atoms with Gasteiger partial charge in [-0.1, -0.05) is 43.3 Å². The second-order valence-electron chi connectivity index (χ2n) is 5.77. The molecule has 0 spiro atoms. The van der Waals surface area contributed by atoms with E-state index in [0.29, 0.717) is 22.6 Å². The highest BCUT2D eigenvalue weighted by atomic mass is 19.1. The number of nitrogens with one attached hydrogen (secondary N) is 1. The first kappa shape index (κ1) is 19.2. The average Bonchev–Trinajstić information content (AvgIpc) is 2.63. The van der Waals surface area contributed by atoms with E-state index >= 15 is 0 Å². The topological polar surface area (TPSA) is 64.3 Å². The second-order valence-corrected chi connectivity index (χ2v) is 5.77. The van der Waals surface area contributed by atoms with Gasteiger partial charge >= 0.3 is 0 Å². The third kappa shape index (κ3) is 5.48. The summed E-state index contributed by atoms with van der Waals surface area (Å²) >= 11 is 0. The summed E-state index contributed by atoms with van der Waals surface area (Å²) < 4.78 is 19.7. The molecule has 2 aromatic rings. The van der Waals surface area contributed by atoms with Gasteiger partial charge in [0, 0.05) is 12.2 Å². The minimum atomic E-state index is -0.489. The standard InChI is InChI=1S/C21H23FN2O2/c1-3-4-10-18(15(2)23)21(25)24-14-16-11-12-20(19(22)13-16)26-17-8-6-5-7-9-17/h4-13H,3,14,23H2,1-2H3,(H,24,25)/b10-4-,18-15-. The number of rotatable bonds is 7. The van der Waals surface area contributed by atoms with Crippen molar-refractivity contribution < 1.29 is 13.9 Å². The Kier molecular flexibility index (Phi) is 6.97. The van der Waals surface area contributed by atoms with Gasteiger partial charge in [-0.15, -0.1) is 0 Å². The summed E-state index contributed by atoms with van der Waals surface area (Å²) in [5, 5.41) is 2.75. The number of amides is 1. The van der Waals surface area contributed by atoms with Crippen molar-refractivity contribution in [3.63, 3.8) is 0 Å². The molecule has 0 atom stereocenters.